The first-order valence-corrected chi connectivity index (χ1v) is 6.65. The molecule has 2 N–H and O–H groups in total. The van der Waals surface area contributed by atoms with Gasteiger partial charge in [-0.1, -0.05) is 51.1 Å². The second kappa shape index (κ2) is 6.89. The molecule has 0 bridgehead atoms. The highest BCUT2D eigenvalue weighted by Gasteiger charge is 2.29. The molecule has 0 saturated heterocycles. The summed E-state index contributed by atoms with van der Waals surface area (Å²) in [7, 11) is 0. The number of carboxylic acid groups (broad SMARTS) is 2. The summed E-state index contributed by atoms with van der Waals surface area (Å²) in [5, 5.41) is 18.8. The zero-order valence-corrected chi connectivity index (χ0v) is 12.0. The molecule has 0 aliphatic carbocycles. The van der Waals surface area contributed by atoms with Crippen molar-refractivity contribution in [2.45, 2.75) is 33.1 Å². The van der Waals surface area contributed by atoms with E-state index in [1.165, 1.54) is 0 Å². The van der Waals surface area contributed by atoms with Crippen LogP contribution in [0.15, 0.2) is 41.5 Å². The number of benzene rings is 1. The Morgan fingerprint density at radius 2 is 1.50 bits per heavy atom. The van der Waals surface area contributed by atoms with Crippen molar-refractivity contribution in [1.82, 2.24) is 0 Å². The predicted molar refractivity (Wildman–Crippen MR) is 76.6 cm³/mol. The molecule has 0 amide bonds. The van der Waals surface area contributed by atoms with E-state index >= 15 is 0 Å². The molecule has 1 rings (SSSR count). The number of rotatable bonds is 6. The standard InChI is InChI=1S/C16H20O4/c1-4-12(11-8-6-5-7-9-11)14(16(19)20)13(10(2)3)15(17)18/h5-10,12H,4H2,1-3H3,(H,17,18)(H,19,20)/b14-13+. The van der Waals surface area contributed by atoms with Crippen LogP contribution in [-0.4, -0.2) is 22.2 Å². The van der Waals surface area contributed by atoms with Gasteiger partial charge in [-0.2, -0.15) is 0 Å². The Labute approximate surface area is 118 Å². The van der Waals surface area contributed by atoms with Crippen LogP contribution in [0.3, 0.4) is 0 Å². The smallest absolute Gasteiger partial charge is 0.332 e. The van der Waals surface area contributed by atoms with Crippen molar-refractivity contribution < 1.29 is 19.8 Å². The molecule has 0 aliphatic heterocycles. The van der Waals surface area contributed by atoms with E-state index < -0.39 is 17.9 Å². The Balaban J connectivity index is 3.49. The van der Waals surface area contributed by atoms with Crippen molar-refractivity contribution in [3.05, 3.63) is 47.0 Å². The van der Waals surface area contributed by atoms with Gasteiger partial charge in [-0.25, -0.2) is 9.59 Å². The van der Waals surface area contributed by atoms with Crippen molar-refractivity contribution in [1.29, 1.82) is 0 Å². The molecule has 0 fully saturated rings. The van der Waals surface area contributed by atoms with E-state index in [1.807, 2.05) is 37.3 Å². The van der Waals surface area contributed by atoms with Gasteiger partial charge in [-0.05, 0) is 17.9 Å². The maximum atomic E-state index is 11.6. The Bertz CT molecular complexity index is 515. The summed E-state index contributed by atoms with van der Waals surface area (Å²) in [5.41, 5.74) is 0.793. The summed E-state index contributed by atoms with van der Waals surface area (Å²) in [4.78, 5) is 23.0. The number of carboxylic acids is 2. The molecule has 4 nitrogen and oxygen atoms in total. The Morgan fingerprint density at radius 1 is 1.00 bits per heavy atom. The molecule has 0 heterocycles. The van der Waals surface area contributed by atoms with Crippen molar-refractivity contribution in [3.63, 3.8) is 0 Å². The summed E-state index contributed by atoms with van der Waals surface area (Å²) >= 11 is 0. The molecular weight excluding hydrogens is 256 g/mol. The molecule has 1 aromatic carbocycles. The van der Waals surface area contributed by atoms with E-state index in [-0.39, 0.29) is 17.1 Å². The van der Waals surface area contributed by atoms with Crippen LogP contribution in [-0.2, 0) is 9.59 Å². The first kappa shape index (κ1) is 16.0. The number of hydrogen-bond donors (Lipinski definition) is 2. The minimum Gasteiger partial charge on any atom is -0.478 e. The summed E-state index contributed by atoms with van der Waals surface area (Å²) in [6.07, 6.45) is 0.537. The molecule has 0 radical (unpaired) electrons. The topological polar surface area (TPSA) is 74.6 Å². The third-order valence-corrected chi connectivity index (χ3v) is 3.29. The van der Waals surface area contributed by atoms with Gasteiger partial charge in [0.1, 0.15) is 0 Å². The van der Waals surface area contributed by atoms with Gasteiger partial charge in [0.05, 0.1) is 11.1 Å². The lowest BCUT2D eigenvalue weighted by atomic mass is 9.83. The van der Waals surface area contributed by atoms with Gasteiger partial charge in [0.2, 0.25) is 0 Å². The van der Waals surface area contributed by atoms with Gasteiger partial charge in [-0.15, -0.1) is 0 Å². The third-order valence-electron chi connectivity index (χ3n) is 3.29. The second-order valence-electron chi connectivity index (χ2n) is 4.96. The van der Waals surface area contributed by atoms with E-state index in [2.05, 4.69) is 0 Å². The molecule has 1 aromatic rings. The minimum atomic E-state index is -1.16. The quantitative estimate of drug-likeness (QED) is 0.782. The van der Waals surface area contributed by atoms with Crippen molar-refractivity contribution in [3.8, 4) is 0 Å². The van der Waals surface area contributed by atoms with Crippen LogP contribution in [0.25, 0.3) is 0 Å². The Hall–Kier alpha value is -2.10. The first-order valence-electron chi connectivity index (χ1n) is 6.65. The zero-order chi connectivity index (χ0) is 15.3. The molecule has 0 aromatic heterocycles. The van der Waals surface area contributed by atoms with Gasteiger partial charge in [0.25, 0.3) is 0 Å². The monoisotopic (exact) mass is 276 g/mol. The summed E-state index contributed by atoms with van der Waals surface area (Å²) in [6, 6.07) is 9.16. The van der Waals surface area contributed by atoms with Crippen molar-refractivity contribution >= 4 is 11.9 Å². The van der Waals surface area contributed by atoms with Crippen LogP contribution in [0.4, 0.5) is 0 Å². The first-order chi connectivity index (χ1) is 9.40. The lowest BCUT2D eigenvalue weighted by molar-refractivity contribution is -0.136. The molecule has 4 heteroatoms. The lowest BCUT2D eigenvalue weighted by Crippen LogP contribution is -2.20. The Kier molecular flexibility index (Phi) is 5.50. The van der Waals surface area contributed by atoms with Gasteiger partial charge >= 0.3 is 11.9 Å². The van der Waals surface area contributed by atoms with E-state index in [1.54, 1.807) is 13.8 Å². The molecule has 108 valence electrons. The fraction of sp³-hybridized carbons (Fsp3) is 0.375. The van der Waals surface area contributed by atoms with E-state index in [0.29, 0.717) is 6.42 Å². The van der Waals surface area contributed by atoms with Crippen LogP contribution < -0.4 is 0 Å². The predicted octanol–water partition coefficient (Wildman–Crippen LogP) is 3.30. The average molecular weight is 276 g/mol. The number of aliphatic carboxylic acids is 2. The van der Waals surface area contributed by atoms with Gasteiger partial charge in [-0.3, -0.25) is 0 Å². The van der Waals surface area contributed by atoms with Crippen molar-refractivity contribution in [2.75, 3.05) is 0 Å². The highest BCUT2D eigenvalue weighted by atomic mass is 16.4. The summed E-state index contributed by atoms with van der Waals surface area (Å²) in [5.74, 6) is -3.09. The summed E-state index contributed by atoms with van der Waals surface area (Å²) < 4.78 is 0. The maximum absolute atomic E-state index is 11.6. The number of hydrogen-bond acceptors (Lipinski definition) is 2. The van der Waals surface area contributed by atoms with Gasteiger partial charge < -0.3 is 10.2 Å². The van der Waals surface area contributed by atoms with E-state index in [0.717, 1.165) is 5.56 Å². The molecule has 20 heavy (non-hydrogen) atoms. The molecule has 1 unspecified atom stereocenters. The summed E-state index contributed by atoms with van der Waals surface area (Å²) in [6.45, 7) is 5.26. The largest absolute Gasteiger partial charge is 0.478 e. The molecule has 1 atom stereocenters. The fourth-order valence-corrected chi connectivity index (χ4v) is 2.42. The van der Waals surface area contributed by atoms with Crippen LogP contribution >= 0.6 is 0 Å². The normalized spacial score (nSPS) is 13.8. The second-order valence-corrected chi connectivity index (χ2v) is 4.96. The van der Waals surface area contributed by atoms with Crippen molar-refractivity contribution in [2.24, 2.45) is 5.92 Å². The molecular formula is C16H20O4. The average Bonchev–Trinajstić information content (AvgIpc) is 2.38. The highest BCUT2D eigenvalue weighted by Crippen LogP contribution is 2.32. The van der Waals surface area contributed by atoms with E-state index in [9.17, 15) is 19.8 Å². The van der Waals surface area contributed by atoms with Gasteiger partial charge in [0.15, 0.2) is 0 Å². The van der Waals surface area contributed by atoms with E-state index in [4.69, 9.17) is 0 Å². The third kappa shape index (κ3) is 3.47. The number of carbonyl (C=O) groups is 2. The highest BCUT2D eigenvalue weighted by molar-refractivity contribution is 6.00. The SMILES string of the molecule is CCC(/C(C(=O)O)=C(\C(=O)O)C(C)C)c1ccccc1. The van der Waals surface area contributed by atoms with Crippen LogP contribution in [0, 0.1) is 5.92 Å². The maximum Gasteiger partial charge on any atom is 0.332 e. The molecule has 0 aliphatic rings. The van der Waals surface area contributed by atoms with Gasteiger partial charge in [0, 0.05) is 5.92 Å². The minimum absolute atomic E-state index is 0.0128. The molecule has 0 saturated carbocycles. The Morgan fingerprint density at radius 3 is 1.85 bits per heavy atom. The van der Waals surface area contributed by atoms with Crippen LogP contribution in [0.5, 0.6) is 0 Å². The zero-order valence-electron chi connectivity index (χ0n) is 12.0. The molecule has 0 spiro atoms. The van der Waals surface area contributed by atoms with Crippen LogP contribution in [0.1, 0.15) is 38.7 Å². The lowest BCUT2D eigenvalue weighted by Gasteiger charge is -2.20. The van der Waals surface area contributed by atoms with Crippen LogP contribution in [0.2, 0.25) is 0 Å². The fourth-order valence-electron chi connectivity index (χ4n) is 2.42.